The molecule has 1 aliphatic heterocycles. The van der Waals surface area contributed by atoms with Gasteiger partial charge in [0.05, 0.1) is 30.3 Å². The van der Waals surface area contributed by atoms with Crippen molar-refractivity contribution >= 4 is 17.1 Å². The number of ether oxygens (including phenoxy) is 1. The maximum absolute atomic E-state index is 14.6. The second-order valence-electron chi connectivity index (χ2n) is 6.03. The molecule has 0 saturated carbocycles. The van der Waals surface area contributed by atoms with Crippen molar-refractivity contribution in [2.24, 2.45) is 5.10 Å². The van der Waals surface area contributed by atoms with Crippen LogP contribution in [-0.2, 0) is 4.74 Å². The van der Waals surface area contributed by atoms with Crippen molar-refractivity contribution in [3.63, 3.8) is 0 Å². The Hall–Kier alpha value is -2.47. The van der Waals surface area contributed by atoms with Gasteiger partial charge >= 0.3 is 0 Å². The molecule has 1 heterocycles. The summed E-state index contributed by atoms with van der Waals surface area (Å²) in [6.07, 6.45) is 0. The van der Waals surface area contributed by atoms with Gasteiger partial charge < -0.3 is 9.64 Å². The number of hydrogen-bond acceptors (Lipinski definition) is 4. The largest absolute Gasteiger partial charge is 0.378 e. The molecule has 6 heteroatoms. The van der Waals surface area contributed by atoms with E-state index in [2.05, 4.69) is 10.5 Å². The number of halogens is 2. The highest BCUT2D eigenvalue weighted by Gasteiger charge is 2.17. The van der Waals surface area contributed by atoms with Gasteiger partial charge in [-0.15, -0.1) is 0 Å². The first kappa shape index (κ1) is 17.4. The summed E-state index contributed by atoms with van der Waals surface area (Å²) in [6, 6.07) is 9.28. The lowest BCUT2D eigenvalue weighted by Gasteiger charge is -2.29. The third kappa shape index (κ3) is 4.14. The van der Waals surface area contributed by atoms with Crippen LogP contribution in [0.2, 0.25) is 0 Å². The van der Waals surface area contributed by atoms with E-state index in [1.165, 1.54) is 18.2 Å². The maximum Gasteiger partial charge on any atom is 0.147 e. The summed E-state index contributed by atoms with van der Waals surface area (Å²) in [4.78, 5) is 2.00. The van der Waals surface area contributed by atoms with Crippen LogP contribution in [0.15, 0.2) is 41.5 Å². The summed E-state index contributed by atoms with van der Waals surface area (Å²) in [7, 11) is 0. The quantitative estimate of drug-likeness (QED) is 0.673. The monoisotopic (exact) mass is 345 g/mol. The Kier molecular flexibility index (Phi) is 5.28. The first-order chi connectivity index (χ1) is 12.0. The van der Waals surface area contributed by atoms with Crippen molar-refractivity contribution in [3.05, 3.63) is 59.2 Å². The SMILES string of the molecule is C/C(=N\Nc1ccc(F)cc1)c1cc(F)c(N2CCOCC2)cc1C. The minimum absolute atomic E-state index is 0.265. The molecule has 2 aromatic carbocycles. The molecule has 25 heavy (non-hydrogen) atoms. The molecular formula is C19H21F2N3O. The summed E-state index contributed by atoms with van der Waals surface area (Å²) in [6.45, 7) is 6.36. The van der Waals surface area contributed by atoms with Crippen LogP contribution in [0.4, 0.5) is 20.2 Å². The van der Waals surface area contributed by atoms with Gasteiger partial charge in [0.2, 0.25) is 0 Å². The Morgan fingerprint density at radius 1 is 1.12 bits per heavy atom. The number of anilines is 2. The van der Waals surface area contributed by atoms with Gasteiger partial charge in [0.15, 0.2) is 0 Å². The molecule has 1 aliphatic rings. The first-order valence-corrected chi connectivity index (χ1v) is 8.23. The molecule has 132 valence electrons. The van der Waals surface area contributed by atoms with Crippen molar-refractivity contribution in [2.45, 2.75) is 13.8 Å². The molecule has 3 rings (SSSR count). The van der Waals surface area contributed by atoms with Crippen LogP contribution < -0.4 is 10.3 Å². The Balaban J connectivity index is 1.80. The predicted octanol–water partition coefficient (Wildman–Crippen LogP) is 3.95. The number of rotatable bonds is 4. The lowest BCUT2D eigenvalue weighted by atomic mass is 10.0. The molecule has 1 fully saturated rings. The van der Waals surface area contributed by atoms with E-state index in [-0.39, 0.29) is 11.6 Å². The van der Waals surface area contributed by atoms with Crippen LogP contribution >= 0.6 is 0 Å². The van der Waals surface area contributed by atoms with Gasteiger partial charge in [-0.2, -0.15) is 5.10 Å². The van der Waals surface area contributed by atoms with Gasteiger partial charge in [0.25, 0.3) is 0 Å². The van der Waals surface area contributed by atoms with Crippen LogP contribution in [0, 0.1) is 18.6 Å². The van der Waals surface area contributed by atoms with E-state index in [1.807, 2.05) is 24.8 Å². The lowest BCUT2D eigenvalue weighted by Crippen LogP contribution is -2.36. The molecule has 0 atom stereocenters. The minimum atomic E-state index is -0.303. The van der Waals surface area contributed by atoms with Gasteiger partial charge in [0.1, 0.15) is 11.6 Å². The predicted molar refractivity (Wildman–Crippen MR) is 96.4 cm³/mol. The van der Waals surface area contributed by atoms with Crippen molar-refractivity contribution in [1.29, 1.82) is 0 Å². The summed E-state index contributed by atoms with van der Waals surface area (Å²) in [5, 5.41) is 4.28. The zero-order chi connectivity index (χ0) is 17.8. The van der Waals surface area contributed by atoms with Crippen molar-refractivity contribution in [1.82, 2.24) is 0 Å². The zero-order valence-electron chi connectivity index (χ0n) is 14.4. The highest BCUT2D eigenvalue weighted by molar-refractivity contribution is 6.00. The fourth-order valence-electron chi connectivity index (χ4n) is 2.84. The third-order valence-electron chi connectivity index (χ3n) is 4.23. The molecular weight excluding hydrogens is 324 g/mol. The fraction of sp³-hybridized carbons (Fsp3) is 0.316. The minimum Gasteiger partial charge on any atom is -0.378 e. The summed E-state index contributed by atoms with van der Waals surface area (Å²) >= 11 is 0. The second-order valence-corrected chi connectivity index (χ2v) is 6.03. The smallest absolute Gasteiger partial charge is 0.147 e. The van der Waals surface area contributed by atoms with E-state index in [9.17, 15) is 8.78 Å². The van der Waals surface area contributed by atoms with Crippen molar-refractivity contribution in [2.75, 3.05) is 36.6 Å². The molecule has 0 aromatic heterocycles. The molecule has 2 aromatic rings. The number of nitrogens with zero attached hydrogens (tertiary/aromatic N) is 2. The highest BCUT2D eigenvalue weighted by atomic mass is 19.1. The van der Waals surface area contributed by atoms with Crippen LogP contribution in [0.5, 0.6) is 0 Å². The van der Waals surface area contributed by atoms with E-state index in [4.69, 9.17) is 4.74 Å². The van der Waals surface area contributed by atoms with Gasteiger partial charge in [-0.05, 0) is 55.8 Å². The van der Waals surface area contributed by atoms with E-state index < -0.39 is 0 Å². The highest BCUT2D eigenvalue weighted by Crippen LogP contribution is 2.25. The molecule has 0 radical (unpaired) electrons. The standard InChI is InChI=1S/C19H21F2N3O/c1-13-11-19(24-7-9-25-10-8-24)18(21)12-17(13)14(2)22-23-16-5-3-15(20)4-6-16/h3-6,11-12,23H,7-10H2,1-2H3/b22-14+. The Labute approximate surface area is 146 Å². The maximum atomic E-state index is 14.6. The summed E-state index contributed by atoms with van der Waals surface area (Å²) in [5.41, 5.74) is 6.49. The molecule has 0 spiro atoms. The van der Waals surface area contributed by atoms with E-state index >= 15 is 0 Å². The molecule has 0 amide bonds. The van der Waals surface area contributed by atoms with Crippen molar-refractivity contribution in [3.8, 4) is 0 Å². The average molecular weight is 345 g/mol. The second kappa shape index (κ2) is 7.61. The summed E-state index contributed by atoms with van der Waals surface area (Å²) < 4.78 is 32.8. The zero-order valence-corrected chi connectivity index (χ0v) is 14.4. The Bertz CT molecular complexity index is 769. The van der Waals surface area contributed by atoms with E-state index in [0.717, 1.165) is 11.1 Å². The van der Waals surface area contributed by atoms with Crippen molar-refractivity contribution < 1.29 is 13.5 Å². The molecule has 1 saturated heterocycles. The third-order valence-corrected chi connectivity index (χ3v) is 4.23. The molecule has 0 aliphatic carbocycles. The van der Waals surface area contributed by atoms with Crippen LogP contribution in [0.1, 0.15) is 18.1 Å². The van der Waals surface area contributed by atoms with Crippen LogP contribution in [0.3, 0.4) is 0 Å². The average Bonchev–Trinajstić information content (AvgIpc) is 2.63. The fourth-order valence-corrected chi connectivity index (χ4v) is 2.84. The van der Waals surface area contributed by atoms with E-state index in [1.54, 1.807) is 12.1 Å². The lowest BCUT2D eigenvalue weighted by molar-refractivity contribution is 0.122. The number of nitrogens with one attached hydrogen (secondary N) is 1. The van der Waals surface area contributed by atoms with Gasteiger partial charge in [0, 0.05) is 18.7 Å². The number of hydrazone groups is 1. The normalized spacial score (nSPS) is 15.4. The number of hydrogen-bond donors (Lipinski definition) is 1. The number of morpholine rings is 1. The van der Waals surface area contributed by atoms with Gasteiger partial charge in [-0.1, -0.05) is 0 Å². The van der Waals surface area contributed by atoms with Gasteiger partial charge in [-0.3, -0.25) is 5.43 Å². The van der Waals surface area contributed by atoms with Crippen LogP contribution in [0.25, 0.3) is 0 Å². The molecule has 1 N–H and O–H groups in total. The molecule has 4 nitrogen and oxygen atoms in total. The van der Waals surface area contributed by atoms with E-state index in [0.29, 0.717) is 43.4 Å². The first-order valence-electron chi connectivity index (χ1n) is 8.23. The number of aryl methyl sites for hydroxylation is 1. The molecule has 0 unspecified atom stereocenters. The summed E-state index contributed by atoms with van der Waals surface area (Å²) in [5.74, 6) is -0.568. The topological polar surface area (TPSA) is 36.9 Å². The Morgan fingerprint density at radius 2 is 1.80 bits per heavy atom. The van der Waals surface area contributed by atoms with Gasteiger partial charge in [-0.25, -0.2) is 8.78 Å². The van der Waals surface area contributed by atoms with Crippen LogP contribution in [-0.4, -0.2) is 32.0 Å². The Morgan fingerprint density at radius 3 is 2.48 bits per heavy atom. The molecule has 0 bridgehead atoms. The number of benzene rings is 2.